The highest BCUT2D eigenvalue weighted by atomic mass is 16.4. The van der Waals surface area contributed by atoms with Gasteiger partial charge in [0.15, 0.2) is 0 Å². The van der Waals surface area contributed by atoms with Gasteiger partial charge in [0.25, 0.3) is 1.43 Å². The van der Waals surface area contributed by atoms with Crippen molar-refractivity contribution in [2.75, 3.05) is 0 Å². The van der Waals surface area contributed by atoms with Crippen LogP contribution in [-0.2, 0) is 4.79 Å². The van der Waals surface area contributed by atoms with Crippen LogP contribution in [0.5, 0.6) is 0 Å². The molecule has 2 atom stereocenters. The van der Waals surface area contributed by atoms with E-state index in [4.69, 9.17) is 16.7 Å². The first kappa shape index (κ1) is 2.23. The molecule has 0 spiro atoms. The van der Waals surface area contributed by atoms with Gasteiger partial charge in [-0.2, -0.15) is 0 Å². The van der Waals surface area contributed by atoms with Crippen LogP contribution in [0.4, 0.5) is 0 Å². The van der Waals surface area contributed by atoms with Crippen LogP contribution in [0, 0.1) is 5.89 Å². The predicted molar refractivity (Wildman–Crippen MR) is 38.4 cm³/mol. The molecule has 0 saturated heterocycles. The fraction of sp³-hybridized carbons (Fsp3) is 0.857. The Kier molecular flexibility index (Phi) is 0.629. The van der Waals surface area contributed by atoms with Gasteiger partial charge in [0, 0.05) is 6.85 Å². The van der Waals surface area contributed by atoms with Gasteiger partial charge in [0.1, 0.15) is 6.08 Å². The third-order valence-electron chi connectivity index (χ3n) is 1.09. The van der Waals surface area contributed by atoms with Crippen LogP contribution in [0.1, 0.15) is 23.7 Å². The summed E-state index contributed by atoms with van der Waals surface area (Å²) in [6.45, 7) is 0. The quantitative estimate of drug-likeness (QED) is 0.433. The van der Waals surface area contributed by atoms with Gasteiger partial charge in [-0.05, 0) is 12.7 Å². The molecule has 0 aromatic carbocycles. The van der Waals surface area contributed by atoms with Gasteiger partial charge in [0.2, 0.25) is 4.29 Å². The summed E-state index contributed by atoms with van der Waals surface area (Å²) < 4.78 is 89.5. The zero-order valence-corrected chi connectivity index (χ0v) is 5.54. The van der Waals surface area contributed by atoms with Crippen LogP contribution in [0.15, 0.2) is 0 Å². The first-order valence-corrected chi connectivity index (χ1v) is 2.77. The standard InChI is InChI=1S/C7H12O5/c8-4-1-3(7(11)12)2-5(9)6(4)10/h3-6,8-10H,1-2H2,(H,11,12)/i1D2,2D2,3D,4D,5D,6D,8D,9D,10D/hD. The second-order valence-electron chi connectivity index (χ2n) is 1.90. The molecule has 12 heavy (non-hydrogen) atoms. The molecular formula is C7H12O5. The van der Waals surface area contributed by atoms with Crippen molar-refractivity contribution in [2.45, 2.75) is 31.0 Å². The Morgan fingerprint density at radius 2 is 2.08 bits per heavy atom. The number of carboxylic acid groups (broad SMARTS) is 1. The topological polar surface area (TPSA) is 98.0 Å². The molecule has 1 aliphatic carbocycles. The van der Waals surface area contributed by atoms with Gasteiger partial charge in [0.05, 0.1) is 22.2 Å². The zero-order valence-electron chi connectivity index (χ0n) is 17.5. The molecule has 0 heterocycles. The van der Waals surface area contributed by atoms with Crippen LogP contribution in [0.3, 0.4) is 0 Å². The average molecular weight is 188 g/mol. The van der Waals surface area contributed by atoms with E-state index in [0.29, 0.717) is 0 Å². The molecule has 4 N–H and O–H groups in total. The van der Waals surface area contributed by atoms with E-state index in [9.17, 15) is 4.79 Å². The number of aliphatic carboxylic acids is 1. The number of rotatable bonds is 4. The number of carboxylic acids is 1. The molecule has 1 fully saturated rings. The predicted octanol–water partition coefficient (Wildman–Crippen LogP) is -1.44. The highest BCUT2D eigenvalue weighted by Gasteiger charge is 2.37. The lowest BCUT2D eigenvalue weighted by atomic mass is 9.83. The van der Waals surface area contributed by atoms with E-state index in [-0.39, 0.29) is 0 Å². The summed E-state index contributed by atoms with van der Waals surface area (Å²) in [6, 6.07) is 0. The maximum Gasteiger partial charge on any atom is 0.306 e. The summed E-state index contributed by atoms with van der Waals surface area (Å²) in [6.07, 6.45) is -19.6. The van der Waals surface area contributed by atoms with Crippen molar-refractivity contribution in [1.82, 2.24) is 0 Å². The highest BCUT2D eigenvalue weighted by Crippen LogP contribution is 2.25. The molecule has 5 nitrogen and oxygen atoms in total. The molecule has 0 radical (unpaired) electrons. The Balaban J connectivity index is 4.04. The van der Waals surface area contributed by atoms with Crippen molar-refractivity contribution in [3.8, 4) is 0 Å². The summed E-state index contributed by atoms with van der Waals surface area (Å²) in [4.78, 5) is 11.8. The normalized spacial score (nSPS) is 89.3. The molecule has 0 aliphatic heterocycles. The van der Waals surface area contributed by atoms with Gasteiger partial charge in [-0.1, -0.05) is 0 Å². The second-order valence-corrected chi connectivity index (χ2v) is 1.90. The Morgan fingerprint density at radius 3 is 2.50 bits per heavy atom. The second kappa shape index (κ2) is 3.38. The molecule has 0 aromatic heterocycles. The first-order valence-electron chi connectivity index (χ1n) is 8.40. The Morgan fingerprint density at radius 1 is 1.42 bits per heavy atom. The zero-order chi connectivity index (χ0) is 19.4. The first-order chi connectivity index (χ1) is 10.7. The van der Waals surface area contributed by atoms with Crippen molar-refractivity contribution in [2.24, 2.45) is 5.89 Å². The Labute approximate surface area is 86.5 Å². The molecule has 5 heteroatoms. The van der Waals surface area contributed by atoms with Crippen LogP contribution in [0.2, 0.25) is 0 Å². The van der Waals surface area contributed by atoms with Gasteiger partial charge in [-0.15, -0.1) is 0 Å². The van der Waals surface area contributed by atoms with Gasteiger partial charge in [-0.25, -0.2) is 0 Å². The van der Waals surface area contributed by atoms with Gasteiger partial charge >= 0.3 is 5.97 Å². The number of hydrogen-bond donors (Lipinski definition) is 4. The molecule has 1 rings (SSSR count). The molecule has 70 valence electrons. The average Bonchev–Trinajstić information content (AvgIpc) is 2.55. The SMILES string of the molecule is [2H]OC(=O)C1([2H])C([2H])([2H])C([2H])(O[2H])C([2H])(O[2H])C([2H])(O[2H])C1([2H])[2H]. The highest BCUT2D eigenvalue weighted by molar-refractivity contribution is 5.70. The lowest BCUT2D eigenvalue weighted by molar-refractivity contribution is -0.153. The molecular weight excluding hydrogens is 164 g/mol. The van der Waals surface area contributed by atoms with Crippen molar-refractivity contribution in [3.63, 3.8) is 0 Å². The van der Waals surface area contributed by atoms with E-state index in [1.54, 1.807) is 0 Å². The fourth-order valence-electron chi connectivity index (χ4n) is 0.577. The monoisotopic (exact) mass is 188 g/mol. The summed E-state index contributed by atoms with van der Waals surface area (Å²) in [7, 11) is 0. The van der Waals surface area contributed by atoms with E-state index in [1.807, 2.05) is 0 Å². The summed E-state index contributed by atoms with van der Waals surface area (Å²) in [5.74, 6) is -6.22. The summed E-state index contributed by atoms with van der Waals surface area (Å²) in [5, 5.41) is 14.7. The van der Waals surface area contributed by atoms with Crippen molar-refractivity contribution >= 4 is 5.97 Å². The molecule has 0 bridgehead atoms. The van der Waals surface area contributed by atoms with E-state index < -0.39 is 42.8 Å². The van der Waals surface area contributed by atoms with Crippen molar-refractivity contribution < 1.29 is 36.2 Å². The van der Waals surface area contributed by atoms with Crippen molar-refractivity contribution in [3.05, 3.63) is 0 Å². The van der Waals surface area contributed by atoms with Crippen molar-refractivity contribution in [1.29, 1.82) is 5.72 Å². The number of carbonyl (C=O) groups is 1. The summed E-state index contributed by atoms with van der Waals surface area (Å²) in [5.41, 5.74) is 0. The molecule has 0 amide bonds. The third kappa shape index (κ3) is 1.74. The minimum atomic E-state index is -3.98. The van der Waals surface area contributed by atoms with E-state index >= 15 is 0 Å². The van der Waals surface area contributed by atoms with Gasteiger partial charge in [-0.3, -0.25) is 4.79 Å². The molecule has 0 aromatic rings. The third-order valence-corrected chi connectivity index (χ3v) is 1.09. The largest absolute Gasteiger partial charge is 0.481 e. The molecule has 2 unspecified atom stereocenters. The summed E-state index contributed by atoms with van der Waals surface area (Å²) >= 11 is 0. The van der Waals surface area contributed by atoms with E-state index in [1.165, 1.54) is 0 Å². The van der Waals surface area contributed by atoms with Gasteiger partial charge < -0.3 is 20.4 Å². The lowest BCUT2D eigenvalue weighted by Crippen LogP contribution is -2.46. The molecule has 1 saturated carbocycles. The minimum Gasteiger partial charge on any atom is -0.481 e. The van der Waals surface area contributed by atoms with E-state index in [2.05, 4.69) is 20.4 Å². The lowest BCUT2D eigenvalue weighted by Gasteiger charge is -2.31. The smallest absolute Gasteiger partial charge is 0.306 e. The van der Waals surface area contributed by atoms with Crippen LogP contribution in [-0.4, -0.2) is 48.9 Å². The number of hydrogen-bond acceptors (Lipinski definition) is 5. The Bertz CT molecular complexity index is 498. The maximum atomic E-state index is 11.8. The fourth-order valence-corrected chi connectivity index (χ4v) is 0.577. The molecule has 1 aliphatic rings. The van der Waals surface area contributed by atoms with Crippen LogP contribution < -0.4 is 0 Å². The Hall–Kier alpha value is -0.650. The maximum absolute atomic E-state index is 11.8. The van der Waals surface area contributed by atoms with E-state index in [0.717, 1.165) is 0 Å². The number of aliphatic hydroxyl groups is 3. The minimum absolute atomic E-state index is 2.24. The van der Waals surface area contributed by atoms with Crippen LogP contribution >= 0.6 is 0 Å². The van der Waals surface area contributed by atoms with Crippen LogP contribution in [0.25, 0.3) is 1.43 Å².